The van der Waals surface area contributed by atoms with Gasteiger partial charge in [0.25, 0.3) is 5.91 Å². The van der Waals surface area contributed by atoms with Crippen molar-refractivity contribution < 1.29 is 13.6 Å². The summed E-state index contributed by atoms with van der Waals surface area (Å²) in [6.45, 7) is 2.97. The summed E-state index contributed by atoms with van der Waals surface area (Å²) < 4.78 is 29.1. The first-order valence-corrected chi connectivity index (χ1v) is 10.8. The second kappa shape index (κ2) is 7.59. The van der Waals surface area contributed by atoms with Gasteiger partial charge < -0.3 is 4.90 Å². The standard InChI is InChI=1S/C23H19F2N5OS/c1-23(15-10-26-29(2)12-15)13-30(11-14-5-3-4-6-18(14)23)22(31)21-28-27-20(32-21)17-8-7-16(24)9-19(17)25/h3-10,12H,11,13H2,1-2H3. The summed E-state index contributed by atoms with van der Waals surface area (Å²) in [5, 5.41) is 12.7. The molecule has 1 aliphatic rings. The van der Waals surface area contributed by atoms with Crippen molar-refractivity contribution in [3.8, 4) is 10.6 Å². The molecule has 1 amide bonds. The highest BCUT2D eigenvalue weighted by molar-refractivity contribution is 7.16. The highest BCUT2D eigenvalue weighted by atomic mass is 32.1. The molecular formula is C23H19F2N5OS. The SMILES string of the molecule is Cn1cc(C2(C)CN(C(=O)c3nnc(-c4ccc(F)cc4F)s3)Cc3ccccc32)cn1. The molecule has 2 aromatic heterocycles. The number of hydrogen-bond acceptors (Lipinski definition) is 5. The Morgan fingerprint density at radius 3 is 2.72 bits per heavy atom. The van der Waals surface area contributed by atoms with E-state index >= 15 is 0 Å². The van der Waals surface area contributed by atoms with Crippen LogP contribution in [0.3, 0.4) is 0 Å². The number of aryl methyl sites for hydroxylation is 1. The van der Waals surface area contributed by atoms with E-state index in [9.17, 15) is 13.6 Å². The molecule has 3 heterocycles. The summed E-state index contributed by atoms with van der Waals surface area (Å²) in [6.07, 6.45) is 3.79. The Hall–Kier alpha value is -3.46. The summed E-state index contributed by atoms with van der Waals surface area (Å²) in [5.41, 5.74) is 2.88. The van der Waals surface area contributed by atoms with Crippen LogP contribution in [0.25, 0.3) is 10.6 Å². The Kier molecular flexibility index (Phi) is 4.85. The Balaban J connectivity index is 1.49. The van der Waals surface area contributed by atoms with Crippen LogP contribution < -0.4 is 0 Å². The van der Waals surface area contributed by atoms with Crippen LogP contribution in [0.4, 0.5) is 8.78 Å². The van der Waals surface area contributed by atoms with Crippen LogP contribution in [-0.2, 0) is 19.0 Å². The molecule has 0 radical (unpaired) electrons. The van der Waals surface area contributed by atoms with Gasteiger partial charge in [-0.05, 0) is 30.2 Å². The van der Waals surface area contributed by atoms with Gasteiger partial charge in [0.05, 0.1) is 6.20 Å². The van der Waals surface area contributed by atoms with Crippen molar-refractivity contribution in [1.82, 2.24) is 24.9 Å². The van der Waals surface area contributed by atoms with Crippen molar-refractivity contribution in [2.75, 3.05) is 6.54 Å². The molecule has 0 saturated heterocycles. The number of rotatable bonds is 3. The number of nitrogens with zero attached hydrogens (tertiary/aromatic N) is 5. The maximum atomic E-state index is 14.2. The highest BCUT2D eigenvalue weighted by Gasteiger charge is 2.40. The zero-order chi connectivity index (χ0) is 22.5. The van der Waals surface area contributed by atoms with Gasteiger partial charge in [-0.2, -0.15) is 5.10 Å². The van der Waals surface area contributed by atoms with E-state index in [1.165, 1.54) is 6.07 Å². The Morgan fingerprint density at radius 1 is 1.16 bits per heavy atom. The number of aromatic nitrogens is 4. The zero-order valence-electron chi connectivity index (χ0n) is 17.4. The van der Waals surface area contributed by atoms with Crippen molar-refractivity contribution in [2.24, 2.45) is 7.05 Å². The molecule has 162 valence electrons. The highest BCUT2D eigenvalue weighted by Crippen LogP contribution is 2.39. The molecule has 32 heavy (non-hydrogen) atoms. The van der Waals surface area contributed by atoms with Crippen molar-refractivity contribution in [2.45, 2.75) is 18.9 Å². The van der Waals surface area contributed by atoms with Gasteiger partial charge in [0.15, 0.2) is 5.01 Å². The fourth-order valence-electron chi connectivity index (χ4n) is 4.24. The first-order valence-electron chi connectivity index (χ1n) is 10.0. The molecule has 1 unspecified atom stereocenters. The van der Waals surface area contributed by atoms with Crippen molar-refractivity contribution in [1.29, 1.82) is 0 Å². The number of amides is 1. The minimum absolute atomic E-state index is 0.118. The van der Waals surface area contributed by atoms with E-state index in [-0.39, 0.29) is 21.5 Å². The molecule has 0 saturated carbocycles. The molecule has 0 fully saturated rings. The second-order valence-electron chi connectivity index (χ2n) is 8.09. The van der Waals surface area contributed by atoms with Gasteiger partial charge in [0.2, 0.25) is 5.01 Å². The lowest BCUT2D eigenvalue weighted by Crippen LogP contribution is -2.47. The molecule has 1 aliphatic heterocycles. The number of hydrogen-bond donors (Lipinski definition) is 0. The van der Waals surface area contributed by atoms with Crippen molar-refractivity contribution in [3.05, 3.63) is 88.2 Å². The summed E-state index contributed by atoms with van der Waals surface area (Å²) in [7, 11) is 1.86. The van der Waals surface area contributed by atoms with Gasteiger partial charge in [-0.25, -0.2) is 8.78 Å². The number of halogens is 2. The van der Waals surface area contributed by atoms with Crippen LogP contribution in [0.2, 0.25) is 0 Å². The molecule has 6 nitrogen and oxygen atoms in total. The van der Waals surface area contributed by atoms with E-state index in [0.717, 1.165) is 40.2 Å². The lowest BCUT2D eigenvalue weighted by atomic mass is 9.73. The maximum absolute atomic E-state index is 14.2. The van der Waals surface area contributed by atoms with Gasteiger partial charge in [-0.1, -0.05) is 35.6 Å². The van der Waals surface area contributed by atoms with E-state index in [1.54, 1.807) is 9.58 Å². The average molecular weight is 452 g/mol. The lowest BCUT2D eigenvalue weighted by molar-refractivity contribution is 0.0694. The molecule has 9 heteroatoms. The maximum Gasteiger partial charge on any atom is 0.285 e. The van der Waals surface area contributed by atoms with Gasteiger partial charge in [-0.3, -0.25) is 9.48 Å². The molecule has 5 rings (SSSR count). The Morgan fingerprint density at radius 2 is 1.97 bits per heavy atom. The molecule has 2 aromatic carbocycles. The first-order chi connectivity index (χ1) is 15.3. The second-order valence-corrected chi connectivity index (χ2v) is 9.07. The third kappa shape index (κ3) is 3.38. The van der Waals surface area contributed by atoms with Gasteiger partial charge in [0.1, 0.15) is 11.6 Å². The summed E-state index contributed by atoms with van der Waals surface area (Å²) in [6, 6.07) is 11.3. The first kappa shape index (κ1) is 20.4. The smallest absolute Gasteiger partial charge is 0.285 e. The largest absolute Gasteiger partial charge is 0.331 e. The van der Waals surface area contributed by atoms with Crippen LogP contribution >= 0.6 is 11.3 Å². The van der Waals surface area contributed by atoms with Gasteiger partial charge >= 0.3 is 0 Å². The minimum Gasteiger partial charge on any atom is -0.331 e. The molecule has 0 spiro atoms. The van der Waals surface area contributed by atoms with Gasteiger partial charge in [0, 0.05) is 48.9 Å². The molecule has 1 atom stereocenters. The van der Waals surface area contributed by atoms with E-state index in [1.807, 2.05) is 37.6 Å². The quantitative estimate of drug-likeness (QED) is 0.469. The number of benzene rings is 2. The monoisotopic (exact) mass is 451 g/mol. The number of carbonyl (C=O) groups excluding carboxylic acids is 1. The summed E-state index contributed by atoms with van der Waals surface area (Å²) in [5.74, 6) is -1.69. The van der Waals surface area contributed by atoms with E-state index in [2.05, 4.69) is 28.3 Å². The minimum atomic E-state index is -0.740. The van der Waals surface area contributed by atoms with Gasteiger partial charge in [-0.15, -0.1) is 10.2 Å². The van der Waals surface area contributed by atoms with Crippen LogP contribution in [0.5, 0.6) is 0 Å². The summed E-state index contributed by atoms with van der Waals surface area (Å²) >= 11 is 0.997. The summed E-state index contributed by atoms with van der Waals surface area (Å²) in [4.78, 5) is 15.1. The molecule has 0 N–H and O–H groups in total. The number of fused-ring (bicyclic) bond motifs is 1. The third-order valence-electron chi connectivity index (χ3n) is 5.88. The van der Waals surface area contributed by atoms with Crippen molar-refractivity contribution in [3.63, 3.8) is 0 Å². The van der Waals surface area contributed by atoms with Crippen LogP contribution in [0, 0.1) is 11.6 Å². The van der Waals surface area contributed by atoms with Crippen LogP contribution in [-0.4, -0.2) is 37.3 Å². The predicted octanol–water partition coefficient (Wildman–Crippen LogP) is 4.18. The Bertz CT molecular complexity index is 1330. The normalized spacial score (nSPS) is 17.9. The predicted molar refractivity (Wildman–Crippen MR) is 116 cm³/mol. The van der Waals surface area contributed by atoms with E-state index in [4.69, 9.17) is 0 Å². The molecular weight excluding hydrogens is 432 g/mol. The topological polar surface area (TPSA) is 63.9 Å². The zero-order valence-corrected chi connectivity index (χ0v) is 18.2. The van der Waals surface area contributed by atoms with Crippen molar-refractivity contribution >= 4 is 17.2 Å². The fraction of sp³-hybridized carbons (Fsp3) is 0.217. The van der Waals surface area contributed by atoms with E-state index in [0.29, 0.717) is 13.1 Å². The number of carbonyl (C=O) groups is 1. The van der Waals surface area contributed by atoms with Crippen LogP contribution in [0.15, 0.2) is 54.9 Å². The van der Waals surface area contributed by atoms with Crippen LogP contribution in [0.1, 0.15) is 33.4 Å². The molecule has 0 bridgehead atoms. The Labute approximate surface area is 187 Å². The molecule has 0 aliphatic carbocycles. The molecule has 4 aromatic rings. The lowest BCUT2D eigenvalue weighted by Gasteiger charge is -2.41. The third-order valence-corrected chi connectivity index (χ3v) is 6.82. The average Bonchev–Trinajstić information content (AvgIpc) is 3.43. The fourth-order valence-corrected chi connectivity index (χ4v) is 5.08. The van der Waals surface area contributed by atoms with E-state index < -0.39 is 17.0 Å².